The molecule has 0 saturated heterocycles. The predicted molar refractivity (Wildman–Crippen MR) is 71.7 cm³/mol. The summed E-state index contributed by atoms with van der Waals surface area (Å²) in [6.45, 7) is 0.655. The van der Waals surface area contributed by atoms with Gasteiger partial charge in [-0.05, 0) is 31.7 Å². The van der Waals surface area contributed by atoms with Crippen molar-refractivity contribution in [2.24, 2.45) is 0 Å². The molecule has 0 bridgehead atoms. The molecule has 0 radical (unpaired) electrons. The topological polar surface area (TPSA) is 23.5 Å². The summed E-state index contributed by atoms with van der Waals surface area (Å²) in [5.74, 6) is 0. The molecule has 90 valence electrons. The lowest BCUT2D eigenvalue weighted by Crippen LogP contribution is -2.38. The zero-order valence-corrected chi connectivity index (χ0v) is 10.4. The summed E-state index contributed by atoms with van der Waals surface area (Å²) < 4.78 is 0. The van der Waals surface area contributed by atoms with Gasteiger partial charge < -0.3 is 10.0 Å². The summed E-state index contributed by atoms with van der Waals surface area (Å²) in [6, 6.07) is 10.3. The van der Waals surface area contributed by atoms with Gasteiger partial charge in [0.2, 0.25) is 0 Å². The zero-order valence-electron chi connectivity index (χ0n) is 10.4. The molecule has 1 aliphatic rings. The molecule has 0 heterocycles. The van der Waals surface area contributed by atoms with E-state index in [1.807, 2.05) is 49.3 Å². The van der Waals surface area contributed by atoms with E-state index in [2.05, 4.69) is 18.2 Å². The van der Waals surface area contributed by atoms with Crippen molar-refractivity contribution in [2.75, 3.05) is 20.6 Å². The molecule has 0 fully saturated rings. The minimum atomic E-state index is -0.720. The SMILES string of the molecule is CN(C)CC1(O)C=CC(c2ccccc2)=CC1. The maximum absolute atomic E-state index is 10.3. The van der Waals surface area contributed by atoms with Crippen LogP contribution in [0.4, 0.5) is 0 Å². The average Bonchev–Trinajstić information content (AvgIpc) is 2.29. The van der Waals surface area contributed by atoms with E-state index >= 15 is 0 Å². The fourth-order valence-corrected chi connectivity index (χ4v) is 2.18. The van der Waals surface area contributed by atoms with E-state index in [9.17, 15) is 5.11 Å². The second kappa shape index (κ2) is 4.86. The summed E-state index contributed by atoms with van der Waals surface area (Å²) in [6.07, 6.45) is 6.71. The van der Waals surface area contributed by atoms with Gasteiger partial charge in [-0.25, -0.2) is 0 Å². The predicted octanol–water partition coefficient (Wildman–Crippen LogP) is 2.32. The monoisotopic (exact) mass is 229 g/mol. The zero-order chi connectivity index (χ0) is 12.3. The molecule has 0 aromatic heterocycles. The Morgan fingerprint density at radius 3 is 2.47 bits per heavy atom. The first kappa shape index (κ1) is 12.1. The fraction of sp³-hybridized carbons (Fsp3) is 0.333. The minimum Gasteiger partial charge on any atom is -0.384 e. The molecule has 1 aliphatic carbocycles. The Labute approximate surface area is 103 Å². The van der Waals surface area contributed by atoms with E-state index in [0.29, 0.717) is 13.0 Å². The highest BCUT2D eigenvalue weighted by Gasteiger charge is 2.25. The normalized spacial score (nSPS) is 23.9. The molecule has 1 atom stereocenters. The van der Waals surface area contributed by atoms with Gasteiger partial charge in [-0.15, -0.1) is 0 Å². The fourth-order valence-electron chi connectivity index (χ4n) is 2.18. The van der Waals surface area contributed by atoms with Gasteiger partial charge in [0.1, 0.15) is 0 Å². The highest BCUT2D eigenvalue weighted by Crippen LogP contribution is 2.27. The van der Waals surface area contributed by atoms with Gasteiger partial charge >= 0.3 is 0 Å². The Morgan fingerprint density at radius 2 is 1.94 bits per heavy atom. The largest absolute Gasteiger partial charge is 0.384 e. The second-order valence-electron chi connectivity index (χ2n) is 4.90. The van der Waals surface area contributed by atoms with Crippen molar-refractivity contribution in [1.82, 2.24) is 4.90 Å². The number of benzene rings is 1. The van der Waals surface area contributed by atoms with Gasteiger partial charge in [0.25, 0.3) is 0 Å². The number of hydrogen-bond acceptors (Lipinski definition) is 2. The number of nitrogens with zero attached hydrogens (tertiary/aromatic N) is 1. The third-order valence-electron chi connectivity index (χ3n) is 2.95. The number of rotatable bonds is 3. The molecule has 2 rings (SSSR count). The molecule has 1 N–H and O–H groups in total. The number of likely N-dealkylation sites (N-methyl/N-ethyl adjacent to an activating group) is 1. The highest BCUT2D eigenvalue weighted by atomic mass is 16.3. The van der Waals surface area contributed by atoms with Crippen molar-refractivity contribution in [2.45, 2.75) is 12.0 Å². The van der Waals surface area contributed by atoms with Crippen LogP contribution in [0.25, 0.3) is 5.57 Å². The summed E-state index contributed by atoms with van der Waals surface area (Å²) >= 11 is 0. The van der Waals surface area contributed by atoms with Crippen LogP contribution in [0.2, 0.25) is 0 Å². The quantitative estimate of drug-likeness (QED) is 0.860. The first-order chi connectivity index (χ1) is 8.09. The number of hydrogen-bond donors (Lipinski definition) is 1. The Balaban J connectivity index is 2.11. The summed E-state index contributed by atoms with van der Waals surface area (Å²) in [5, 5.41) is 10.3. The van der Waals surface area contributed by atoms with Crippen LogP contribution in [0.15, 0.2) is 48.6 Å². The minimum absolute atomic E-state index is 0.655. The Hall–Kier alpha value is -1.38. The Morgan fingerprint density at radius 1 is 1.24 bits per heavy atom. The first-order valence-electron chi connectivity index (χ1n) is 5.91. The molecule has 0 spiro atoms. The second-order valence-corrected chi connectivity index (χ2v) is 4.90. The van der Waals surface area contributed by atoms with Crippen molar-refractivity contribution < 1.29 is 5.11 Å². The van der Waals surface area contributed by atoms with Crippen LogP contribution in [0.1, 0.15) is 12.0 Å². The standard InChI is InChI=1S/C15H19NO/c1-16(2)12-15(17)10-8-14(9-11-15)13-6-4-3-5-7-13/h3-10,17H,11-12H2,1-2H3. The van der Waals surface area contributed by atoms with Crippen LogP contribution in [0.3, 0.4) is 0 Å². The third kappa shape index (κ3) is 3.05. The summed E-state index contributed by atoms with van der Waals surface area (Å²) in [5.41, 5.74) is 1.67. The smallest absolute Gasteiger partial charge is 0.0991 e. The molecule has 1 aromatic rings. The molecule has 0 saturated carbocycles. The number of allylic oxidation sites excluding steroid dienone is 2. The van der Waals surface area contributed by atoms with Crippen LogP contribution in [0.5, 0.6) is 0 Å². The lowest BCUT2D eigenvalue weighted by Gasteiger charge is -2.29. The molecular weight excluding hydrogens is 210 g/mol. The number of aliphatic hydroxyl groups is 1. The lowest BCUT2D eigenvalue weighted by atomic mass is 9.89. The van der Waals surface area contributed by atoms with Crippen LogP contribution < -0.4 is 0 Å². The van der Waals surface area contributed by atoms with E-state index in [1.54, 1.807) is 0 Å². The van der Waals surface area contributed by atoms with Gasteiger partial charge in [0.15, 0.2) is 0 Å². The third-order valence-corrected chi connectivity index (χ3v) is 2.95. The van der Waals surface area contributed by atoms with Crippen LogP contribution in [-0.4, -0.2) is 36.2 Å². The van der Waals surface area contributed by atoms with Crippen molar-refractivity contribution >= 4 is 5.57 Å². The van der Waals surface area contributed by atoms with E-state index in [-0.39, 0.29) is 0 Å². The van der Waals surface area contributed by atoms with Gasteiger partial charge in [0, 0.05) is 6.54 Å². The molecule has 17 heavy (non-hydrogen) atoms. The molecular formula is C15H19NO. The molecule has 0 amide bonds. The first-order valence-corrected chi connectivity index (χ1v) is 5.91. The van der Waals surface area contributed by atoms with Crippen molar-refractivity contribution in [1.29, 1.82) is 0 Å². The van der Waals surface area contributed by atoms with Gasteiger partial charge in [-0.2, -0.15) is 0 Å². The molecule has 2 heteroatoms. The maximum Gasteiger partial charge on any atom is 0.0991 e. The average molecular weight is 229 g/mol. The van der Waals surface area contributed by atoms with E-state index in [0.717, 1.165) is 0 Å². The molecule has 2 nitrogen and oxygen atoms in total. The van der Waals surface area contributed by atoms with Crippen LogP contribution in [0, 0.1) is 0 Å². The van der Waals surface area contributed by atoms with Crippen molar-refractivity contribution in [3.05, 3.63) is 54.1 Å². The van der Waals surface area contributed by atoms with Gasteiger partial charge in [0.05, 0.1) is 5.60 Å². The highest BCUT2D eigenvalue weighted by molar-refractivity contribution is 5.75. The maximum atomic E-state index is 10.3. The van der Waals surface area contributed by atoms with Crippen molar-refractivity contribution in [3.8, 4) is 0 Å². The Bertz CT molecular complexity index is 433. The van der Waals surface area contributed by atoms with Crippen LogP contribution >= 0.6 is 0 Å². The van der Waals surface area contributed by atoms with Gasteiger partial charge in [-0.3, -0.25) is 0 Å². The lowest BCUT2D eigenvalue weighted by molar-refractivity contribution is 0.0637. The molecule has 0 aliphatic heterocycles. The molecule has 1 aromatic carbocycles. The van der Waals surface area contributed by atoms with E-state index < -0.39 is 5.60 Å². The van der Waals surface area contributed by atoms with E-state index in [1.165, 1.54) is 11.1 Å². The summed E-state index contributed by atoms with van der Waals surface area (Å²) in [7, 11) is 3.95. The van der Waals surface area contributed by atoms with E-state index in [4.69, 9.17) is 0 Å². The summed E-state index contributed by atoms with van der Waals surface area (Å²) in [4.78, 5) is 2.01. The van der Waals surface area contributed by atoms with Gasteiger partial charge in [-0.1, -0.05) is 48.6 Å². The molecule has 1 unspecified atom stereocenters. The van der Waals surface area contributed by atoms with Crippen molar-refractivity contribution in [3.63, 3.8) is 0 Å². The Kier molecular flexibility index (Phi) is 3.46. The van der Waals surface area contributed by atoms with Crippen LogP contribution in [-0.2, 0) is 0 Å².